The summed E-state index contributed by atoms with van der Waals surface area (Å²) in [5, 5.41) is 24.3. The number of hydrogen-bond donors (Lipinski definition) is 3. The molecule has 1 saturated heterocycles. The minimum atomic E-state index is -2.86. The van der Waals surface area contributed by atoms with Gasteiger partial charge >= 0.3 is 0 Å². The van der Waals surface area contributed by atoms with Crippen molar-refractivity contribution in [3.8, 4) is 10.6 Å². The molecule has 10 heteroatoms. The molecule has 0 saturated carbocycles. The van der Waals surface area contributed by atoms with E-state index in [1.807, 2.05) is 42.2 Å². The van der Waals surface area contributed by atoms with Crippen LogP contribution in [0.3, 0.4) is 0 Å². The first-order valence-corrected chi connectivity index (χ1v) is 10.4. The summed E-state index contributed by atoms with van der Waals surface area (Å²) in [6, 6.07) is 3.99. The number of primary amides is 1. The van der Waals surface area contributed by atoms with Crippen molar-refractivity contribution in [1.29, 1.82) is 0 Å². The van der Waals surface area contributed by atoms with Gasteiger partial charge in [0.1, 0.15) is 17.9 Å². The van der Waals surface area contributed by atoms with E-state index < -0.39 is 23.5 Å². The molecule has 0 bridgehead atoms. The first-order valence-electron chi connectivity index (χ1n) is 9.56. The lowest BCUT2D eigenvalue weighted by Gasteiger charge is -2.39. The number of carbonyl (C=O) groups excluding carboxylic acids is 2. The van der Waals surface area contributed by atoms with Crippen LogP contribution in [0.1, 0.15) is 20.3 Å². The zero-order valence-corrected chi connectivity index (χ0v) is 17.4. The van der Waals surface area contributed by atoms with E-state index in [1.54, 1.807) is 22.6 Å². The molecule has 3 rings (SSSR count). The largest absolute Gasteiger partial charge is 0.365 e. The Hall–Kier alpha value is -2.43. The predicted molar refractivity (Wildman–Crippen MR) is 109 cm³/mol. The van der Waals surface area contributed by atoms with Crippen LogP contribution in [0.5, 0.6) is 0 Å². The molecule has 1 fully saturated rings. The van der Waals surface area contributed by atoms with Gasteiger partial charge in [0.05, 0.1) is 24.2 Å². The third-order valence-electron chi connectivity index (χ3n) is 5.09. The number of hydrogen-bond acceptors (Lipinski definition) is 7. The van der Waals surface area contributed by atoms with Gasteiger partial charge in [0.15, 0.2) is 0 Å². The summed E-state index contributed by atoms with van der Waals surface area (Å²) in [4.78, 5) is 31.5. The molecule has 0 aliphatic carbocycles. The number of imidazole rings is 1. The predicted octanol–water partition coefficient (Wildman–Crippen LogP) is 0.220. The molecule has 2 aromatic rings. The number of aliphatic hydroxyl groups is 2. The minimum Gasteiger partial charge on any atom is -0.365 e. The highest BCUT2D eigenvalue weighted by atomic mass is 32.1. The van der Waals surface area contributed by atoms with E-state index in [9.17, 15) is 19.8 Å². The molecule has 3 heterocycles. The van der Waals surface area contributed by atoms with Gasteiger partial charge in [0.2, 0.25) is 5.91 Å². The van der Waals surface area contributed by atoms with Crippen molar-refractivity contribution in [2.75, 3.05) is 31.2 Å². The number of piperazine rings is 1. The summed E-state index contributed by atoms with van der Waals surface area (Å²) in [6.07, 6.45) is 3.85. The Balaban J connectivity index is 1.66. The second-order valence-corrected chi connectivity index (χ2v) is 8.62. The smallest absolute Gasteiger partial charge is 0.278 e. The van der Waals surface area contributed by atoms with E-state index in [2.05, 4.69) is 9.99 Å². The van der Waals surface area contributed by atoms with Crippen LogP contribution >= 0.6 is 11.3 Å². The zero-order chi connectivity index (χ0) is 21.2. The van der Waals surface area contributed by atoms with Crippen molar-refractivity contribution in [2.24, 2.45) is 17.6 Å². The van der Waals surface area contributed by atoms with Gasteiger partial charge in [-0.3, -0.25) is 14.3 Å². The first kappa shape index (κ1) is 21.3. The molecule has 158 valence electrons. The van der Waals surface area contributed by atoms with Crippen LogP contribution in [0, 0.1) is 11.8 Å². The van der Waals surface area contributed by atoms with Gasteiger partial charge in [-0.05, 0) is 23.8 Å². The Morgan fingerprint density at radius 2 is 1.97 bits per heavy atom. The van der Waals surface area contributed by atoms with Gasteiger partial charge in [0, 0.05) is 13.1 Å². The monoisotopic (exact) mass is 421 g/mol. The molecule has 0 spiro atoms. The Morgan fingerprint density at radius 3 is 2.52 bits per heavy atom. The quantitative estimate of drug-likeness (QED) is 0.549. The molecule has 1 aliphatic rings. The fourth-order valence-corrected chi connectivity index (χ4v) is 4.15. The average molecular weight is 422 g/mol. The summed E-state index contributed by atoms with van der Waals surface area (Å²) >= 11 is 1.62. The maximum atomic E-state index is 12.9. The van der Waals surface area contributed by atoms with Gasteiger partial charge in [0.25, 0.3) is 11.7 Å². The van der Waals surface area contributed by atoms with E-state index in [-0.39, 0.29) is 12.3 Å². The summed E-state index contributed by atoms with van der Waals surface area (Å²) in [5.74, 6) is -5.94. The normalized spacial score (nSPS) is 16.3. The molecule has 2 aromatic heterocycles. The number of carbonyl (C=O) groups is 2. The standard InChI is InChI=1S/C19H27N5O4S/c1-13(2)10-14(19(27,28)18(20)26)17(25)22-5-7-23(8-6-22)24-11-15(21-12-24)16-4-3-9-29-16/h3-4,9,11-14,27-28H,5-8,10H2,1-2H3,(H2,20,26). The van der Waals surface area contributed by atoms with E-state index in [4.69, 9.17) is 5.73 Å². The zero-order valence-electron chi connectivity index (χ0n) is 16.6. The summed E-state index contributed by atoms with van der Waals surface area (Å²) in [6.45, 7) is 5.60. The third-order valence-corrected chi connectivity index (χ3v) is 5.98. The van der Waals surface area contributed by atoms with Crippen molar-refractivity contribution in [2.45, 2.75) is 26.1 Å². The van der Waals surface area contributed by atoms with Crippen molar-refractivity contribution < 1.29 is 19.8 Å². The fourth-order valence-electron chi connectivity index (χ4n) is 3.47. The molecular weight excluding hydrogens is 394 g/mol. The van der Waals surface area contributed by atoms with E-state index in [0.29, 0.717) is 26.2 Å². The Kier molecular flexibility index (Phi) is 6.25. The number of nitrogens with zero attached hydrogens (tertiary/aromatic N) is 4. The molecule has 2 amide bonds. The minimum absolute atomic E-state index is 0.00937. The van der Waals surface area contributed by atoms with Crippen LogP contribution in [0.4, 0.5) is 0 Å². The lowest BCUT2D eigenvalue weighted by atomic mass is 9.87. The maximum Gasteiger partial charge on any atom is 0.278 e. The third kappa shape index (κ3) is 4.60. The number of thiophene rings is 1. The molecule has 0 radical (unpaired) electrons. The highest BCUT2D eigenvalue weighted by Gasteiger charge is 2.47. The van der Waals surface area contributed by atoms with Gasteiger partial charge in [-0.2, -0.15) is 0 Å². The second-order valence-electron chi connectivity index (χ2n) is 7.67. The molecule has 29 heavy (non-hydrogen) atoms. The fraction of sp³-hybridized carbons (Fsp3) is 0.526. The lowest BCUT2D eigenvalue weighted by molar-refractivity contribution is -0.209. The number of rotatable bonds is 7. The SMILES string of the molecule is CC(C)CC(C(=O)N1CCN(n2cnc(-c3cccs3)c2)CC1)C(O)(O)C(N)=O. The Labute approximate surface area is 173 Å². The molecule has 4 N–H and O–H groups in total. The van der Waals surface area contributed by atoms with E-state index in [0.717, 1.165) is 10.6 Å². The van der Waals surface area contributed by atoms with Crippen molar-refractivity contribution in [1.82, 2.24) is 14.6 Å². The molecule has 1 atom stereocenters. The van der Waals surface area contributed by atoms with Crippen LogP contribution in [-0.2, 0) is 9.59 Å². The van der Waals surface area contributed by atoms with Crippen molar-refractivity contribution in [3.05, 3.63) is 30.0 Å². The van der Waals surface area contributed by atoms with Crippen LogP contribution in [0.15, 0.2) is 30.0 Å². The number of amides is 2. The molecular formula is C19H27N5O4S. The van der Waals surface area contributed by atoms with Crippen molar-refractivity contribution >= 4 is 23.2 Å². The van der Waals surface area contributed by atoms with Gasteiger partial charge in [-0.15, -0.1) is 11.3 Å². The molecule has 1 aliphatic heterocycles. The van der Waals surface area contributed by atoms with Crippen LogP contribution in [-0.4, -0.2) is 68.6 Å². The van der Waals surface area contributed by atoms with E-state index in [1.165, 1.54) is 0 Å². The first-order chi connectivity index (χ1) is 13.7. The maximum absolute atomic E-state index is 12.9. The summed E-state index contributed by atoms with van der Waals surface area (Å²) < 4.78 is 1.91. The summed E-state index contributed by atoms with van der Waals surface area (Å²) in [7, 11) is 0. The lowest BCUT2D eigenvalue weighted by Crippen LogP contribution is -2.59. The molecule has 0 aromatic carbocycles. The van der Waals surface area contributed by atoms with Crippen LogP contribution in [0.25, 0.3) is 10.6 Å². The van der Waals surface area contributed by atoms with Crippen molar-refractivity contribution in [3.63, 3.8) is 0 Å². The average Bonchev–Trinajstić information content (AvgIpc) is 3.36. The van der Waals surface area contributed by atoms with Gasteiger partial charge in [-0.25, -0.2) is 4.98 Å². The Bertz CT molecular complexity index is 841. The number of aromatic nitrogens is 2. The number of nitrogens with two attached hydrogens (primary N) is 1. The van der Waals surface area contributed by atoms with Gasteiger partial charge in [-0.1, -0.05) is 19.9 Å². The van der Waals surface area contributed by atoms with Crippen LogP contribution < -0.4 is 10.7 Å². The Morgan fingerprint density at radius 1 is 1.28 bits per heavy atom. The molecule has 1 unspecified atom stereocenters. The molecule has 9 nitrogen and oxygen atoms in total. The topological polar surface area (TPSA) is 125 Å². The summed E-state index contributed by atoms with van der Waals surface area (Å²) in [5.41, 5.74) is 6.02. The van der Waals surface area contributed by atoms with Crippen LogP contribution in [0.2, 0.25) is 0 Å². The highest BCUT2D eigenvalue weighted by molar-refractivity contribution is 7.13. The van der Waals surface area contributed by atoms with Gasteiger partial charge < -0.3 is 25.9 Å². The van der Waals surface area contributed by atoms with E-state index >= 15 is 0 Å². The second kappa shape index (κ2) is 8.52. The highest BCUT2D eigenvalue weighted by Crippen LogP contribution is 2.26.